The lowest BCUT2D eigenvalue weighted by molar-refractivity contribution is -0.142. The van der Waals surface area contributed by atoms with E-state index in [0.717, 1.165) is 25.9 Å². The van der Waals surface area contributed by atoms with Crippen LogP contribution in [0.4, 0.5) is 0 Å². The minimum Gasteiger partial charge on any atom is -0.480 e. The number of aliphatic carboxylic acids is 1. The summed E-state index contributed by atoms with van der Waals surface area (Å²) in [6.07, 6.45) is 1.76. The summed E-state index contributed by atoms with van der Waals surface area (Å²) < 4.78 is 0. The molecule has 1 fully saturated rings. The van der Waals surface area contributed by atoms with E-state index in [-0.39, 0.29) is 6.04 Å². The third kappa shape index (κ3) is 2.91. The lowest BCUT2D eigenvalue weighted by atomic mass is 10.0. The Morgan fingerprint density at radius 1 is 1.39 bits per heavy atom. The van der Waals surface area contributed by atoms with E-state index in [1.54, 1.807) is 0 Å². The predicted octanol–water partition coefficient (Wildman–Crippen LogP) is 2.86. The molecule has 0 bridgehead atoms. The molecular formula is C15H21NO2. The molecule has 1 heterocycles. The standard InChI is InChI=1S/C15H21NO2/c1-11(2)13-7-5-12(6-8-13)10-16-9-3-4-14(16)15(17)18/h5-8,11,14H,3-4,9-10H2,1-2H3,(H,17,18). The maximum atomic E-state index is 11.1. The van der Waals surface area contributed by atoms with Crippen LogP contribution in [0, 0.1) is 0 Å². The van der Waals surface area contributed by atoms with Crippen molar-refractivity contribution in [1.29, 1.82) is 0 Å². The van der Waals surface area contributed by atoms with Gasteiger partial charge in [-0.25, -0.2) is 0 Å². The van der Waals surface area contributed by atoms with Gasteiger partial charge in [0.05, 0.1) is 0 Å². The van der Waals surface area contributed by atoms with E-state index in [1.165, 1.54) is 11.1 Å². The second-order valence-corrected chi connectivity index (χ2v) is 5.36. The van der Waals surface area contributed by atoms with Crippen LogP contribution < -0.4 is 0 Å². The van der Waals surface area contributed by atoms with Crippen molar-refractivity contribution >= 4 is 5.97 Å². The number of hydrogen-bond acceptors (Lipinski definition) is 2. The molecule has 1 aromatic carbocycles. The van der Waals surface area contributed by atoms with Gasteiger partial charge in [0.25, 0.3) is 0 Å². The van der Waals surface area contributed by atoms with E-state index in [4.69, 9.17) is 5.11 Å². The minimum atomic E-state index is -0.689. The monoisotopic (exact) mass is 247 g/mol. The fourth-order valence-corrected chi connectivity index (χ4v) is 2.54. The largest absolute Gasteiger partial charge is 0.480 e. The fraction of sp³-hybridized carbons (Fsp3) is 0.533. The molecule has 1 aliphatic heterocycles. The van der Waals surface area contributed by atoms with Crippen molar-refractivity contribution in [2.45, 2.75) is 45.2 Å². The summed E-state index contributed by atoms with van der Waals surface area (Å²) >= 11 is 0. The van der Waals surface area contributed by atoms with Gasteiger partial charge in [0.2, 0.25) is 0 Å². The first-order valence-corrected chi connectivity index (χ1v) is 6.63. The molecular weight excluding hydrogens is 226 g/mol. The Morgan fingerprint density at radius 2 is 2.06 bits per heavy atom. The van der Waals surface area contributed by atoms with Crippen molar-refractivity contribution in [2.75, 3.05) is 6.54 Å². The quantitative estimate of drug-likeness (QED) is 0.889. The van der Waals surface area contributed by atoms with Crippen LogP contribution in [0.2, 0.25) is 0 Å². The lowest BCUT2D eigenvalue weighted by Gasteiger charge is -2.21. The Labute approximate surface area is 108 Å². The molecule has 0 amide bonds. The summed E-state index contributed by atoms with van der Waals surface area (Å²) in [5, 5.41) is 9.14. The number of nitrogens with zero attached hydrogens (tertiary/aromatic N) is 1. The van der Waals surface area contributed by atoms with Gasteiger partial charge in [-0.15, -0.1) is 0 Å². The molecule has 1 aromatic rings. The molecule has 2 rings (SSSR count). The molecule has 1 saturated heterocycles. The van der Waals surface area contributed by atoms with Crippen LogP contribution in [0.1, 0.15) is 43.7 Å². The van der Waals surface area contributed by atoms with Crippen LogP contribution in [-0.4, -0.2) is 28.6 Å². The van der Waals surface area contributed by atoms with E-state index in [2.05, 4.69) is 43.0 Å². The topological polar surface area (TPSA) is 40.5 Å². The molecule has 0 spiro atoms. The van der Waals surface area contributed by atoms with Crippen molar-refractivity contribution < 1.29 is 9.90 Å². The normalized spacial score (nSPS) is 20.5. The van der Waals surface area contributed by atoms with Gasteiger partial charge in [0.15, 0.2) is 0 Å². The predicted molar refractivity (Wildman–Crippen MR) is 71.6 cm³/mol. The van der Waals surface area contributed by atoms with Crippen molar-refractivity contribution in [2.24, 2.45) is 0 Å². The van der Waals surface area contributed by atoms with Crippen molar-refractivity contribution in [3.8, 4) is 0 Å². The number of benzene rings is 1. The fourth-order valence-electron chi connectivity index (χ4n) is 2.54. The van der Waals surface area contributed by atoms with E-state index < -0.39 is 5.97 Å². The molecule has 18 heavy (non-hydrogen) atoms. The van der Waals surface area contributed by atoms with Crippen LogP contribution >= 0.6 is 0 Å². The summed E-state index contributed by atoms with van der Waals surface area (Å²) in [5.41, 5.74) is 2.53. The highest BCUT2D eigenvalue weighted by molar-refractivity contribution is 5.73. The molecule has 1 N–H and O–H groups in total. The van der Waals surface area contributed by atoms with Crippen molar-refractivity contribution in [1.82, 2.24) is 4.90 Å². The van der Waals surface area contributed by atoms with Crippen LogP contribution in [0.5, 0.6) is 0 Å². The summed E-state index contributed by atoms with van der Waals surface area (Å²) in [5.74, 6) is -0.149. The summed E-state index contributed by atoms with van der Waals surface area (Å²) in [4.78, 5) is 13.2. The van der Waals surface area contributed by atoms with Crippen LogP contribution in [0.3, 0.4) is 0 Å². The summed E-state index contributed by atoms with van der Waals surface area (Å²) in [6, 6.07) is 8.23. The zero-order valence-corrected chi connectivity index (χ0v) is 11.1. The number of hydrogen-bond donors (Lipinski definition) is 1. The maximum absolute atomic E-state index is 11.1. The number of rotatable bonds is 4. The smallest absolute Gasteiger partial charge is 0.320 e. The molecule has 1 aliphatic rings. The lowest BCUT2D eigenvalue weighted by Crippen LogP contribution is -2.35. The zero-order valence-electron chi connectivity index (χ0n) is 11.1. The van der Waals surface area contributed by atoms with Crippen LogP contribution in [-0.2, 0) is 11.3 Å². The number of likely N-dealkylation sites (tertiary alicyclic amines) is 1. The molecule has 0 aromatic heterocycles. The second-order valence-electron chi connectivity index (χ2n) is 5.36. The van der Waals surface area contributed by atoms with Gasteiger partial charge < -0.3 is 5.11 Å². The Kier molecular flexibility index (Phi) is 4.02. The highest BCUT2D eigenvalue weighted by Crippen LogP contribution is 2.21. The molecule has 98 valence electrons. The van der Waals surface area contributed by atoms with Gasteiger partial charge in [0, 0.05) is 6.54 Å². The third-order valence-electron chi connectivity index (χ3n) is 3.68. The average Bonchev–Trinajstić information content (AvgIpc) is 2.78. The summed E-state index contributed by atoms with van der Waals surface area (Å²) in [6.45, 7) is 5.99. The highest BCUT2D eigenvalue weighted by atomic mass is 16.4. The molecule has 0 aliphatic carbocycles. The van der Waals surface area contributed by atoms with Gasteiger partial charge in [-0.1, -0.05) is 38.1 Å². The van der Waals surface area contributed by atoms with Gasteiger partial charge in [-0.3, -0.25) is 9.69 Å². The van der Waals surface area contributed by atoms with Crippen molar-refractivity contribution in [3.63, 3.8) is 0 Å². The highest BCUT2D eigenvalue weighted by Gasteiger charge is 2.30. The van der Waals surface area contributed by atoms with E-state index in [1.807, 2.05) is 0 Å². The van der Waals surface area contributed by atoms with Crippen LogP contribution in [0.25, 0.3) is 0 Å². The SMILES string of the molecule is CC(C)c1ccc(CN2CCCC2C(=O)O)cc1. The minimum absolute atomic E-state index is 0.297. The molecule has 1 unspecified atom stereocenters. The first-order valence-electron chi connectivity index (χ1n) is 6.63. The average molecular weight is 247 g/mol. The van der Waals surface area contributed by atoms with Gasteiger partial charge in [0.1, 0.15) is 6.04 Å². The first kappa shape index (κ1) is 13.1. The Morgan fingerprint density at radius 3 is 2.61 bits per heavy atom. The summed E-state index contributed by atoms with van der Waals surface area (Å²) in [7, 11) is 0. The van der Waals surface area contributed by atoms with Crippen LogP contribution in [0.15, 0.2) is 24.3 Å². The molecule has 0 saturated carbocycles. The second kappa shape index (κ2) is 5.53. The molecule has 3 heteroatoms. The first-order chi connectivity index (χ1) is 8.58. The van der Waals surface area contributed by atoms with Gasteiger partial charge in [-0.05, 0) is 36.4 Å². The number of carbonyl (C=O) groups is 1. The van der Waals surface area contributed by atoms with Gasteiger partial charge >= 0.3 is 5.97 Å². The zero-order chi connectivity index (χ0) is 13.1. The van der Waals surface area contributed by atoms with E-state index in [0.29, 0.717) is 5.92 Å². The van der Waals surface area contributed by atoms with E-state index >= 15 is 0 Å². The molecule has 1 atom stereocenters. The molecule has 0 radical (unpaired) electrons. The molecule has 3 nitrogen and oxygen atoms in total. The van der Waals surface area contributed by atoms with Crippen molar-refractivity contribution in [3.05, 3.63) is 35.4 Å². The maximum Gasteiger partial charge on any atom is 0.320 e. The number of carboxylic acid groups (broad SMARTS) is 1. The van der Waals surface area contributed by atoms with E-state index in [9.17, 15) is 4.79 Å². The third-order valence-corrected chi connectivity index (χ3v) is 3.68. The Bertz CT molecular complexity index is 411. The van der Waals surface area contributed by atoms with Gasteiger partial charge in [-0.2, -0.15) is 0 Å². The Balaban J connectivity index is 2.03. The number of carboxylic acids is 1. The Hall–Kier alpha value is -1.35.